The second-order valence-corrected chi connectivity index (χ2v) is 8.63. The minimum absolute atomic E-state index is 0.0366. The molecule has 7 unspecified atom stereocenters. The largest absolute Gasteiger partial charge is 0.394 e. The molecule has 27 heavy (non-hydrogen) atoms. The van der Waals surface area contributed by atoms with Gasteiger partial charge in [0.2, 0.25) is 0 Å². The number of carbonyl (C=O) groups excluding carboxylic acids is 1. The van der Waals surface area contributed by atoms with Crippen molar-refractivity contribution >= 4 is 6.03 Å². The number of aliphatic hydroxyl groups excluding tert-OH is 2. The van der Waals surface area contributed by atoms with Crippen LogP contribution < -0.4 is 26.6 Å². The Labute approximate surface area is 162 Å². The number of hydrogen-bond acceptors (Lipinski definition) is 6. The molecule has 1 heterocycles. The molecule has 0 aromatic rings. The molecule has 0 spiro atoms. The average molecular weight is 384 g/mol. The van der Waals surface area contributed by atoms with E-state index >= 15 is 0 Å². The highest BCUT2D eigenvalue weighted by Crippen LogP contribution is 2.40. The van der Waals surface area contributed by atoms with E-state index in [1.165, 1.54) is 32.1 Å². The molecule has 7 atom stereocenters. The van der Waals surface area contributed by atoms with Crippen molar-refractivity contribution in [1.29, 1.82) is 0 Å². The van der Waals surface area contributed by atoms with E-state index in [1.54, 1.807) is 0 Å². The first-order chi connectivity index (χ1) is 13.0. The van der Waals surface area contributed by atoms with Crippen LogP contribution >= 0.6 is 0 Å². The van der Waals surface area contributed by atoms with Gasteiger partial charge < -0.3 is 20.8 Å². The van der Waals surface area contributed by atoms with Crippen LogP contribution in [0.5, 0.6) is 0 Å². The third-order valence-electron chi connectivity index (χ3n) is 6.37. The highest BCUT2D eigenvalue weighted by Gasteiger charge is 2.33. The van der Waals surface area contributed by atoms with Gasteiger partial charge in [-0.25, -0.2) is 4.79 Å². The number of hydrogen-bond donors (Lipinski definition) is 7. The van der Waals surface area contributed by atoms with E-state index in [0.717, 1.165) is 31.1 Å². The molecule has 0 radical (unpaired) electrons. The van der Waals surface area contributed by atoms with Crippen LogP contribution in [0.15, 0.2) is 0 Å². The number of nitrogens with one attached hydrogen (secondary N) is 5. The van der Waals surface area contributed by atoms with Gasteiger partial charge in [0.05, 0.1) is 18.9 Å². The van der Waals surface area contributed by atoms with Crippen LogP contribution in [0, 0.1) is 11.8 Å². The number of amides is 2. The lowest BCUT2D eigenvalue weighted by Gasteiger charge is -2.40. The van der Waals surface area contributed by atoms with Crippen molar-refractivity contribution in [2.24, 2.45) is 11.8 Å². The van der Waals surface area contributed by atoms with E-state index in [1.807, 2.05) is 0 Å². The van der Waals surface area contributed by atoms with Crippen molar-refractivity contribution in [3.63, 3.8) is 0 Å². The minimum atomic E-state index is -0.776. The second kappa shape index (κ2) is 10.0. The highest BCUT2D eigenvalue weighted by molar-refractivity contribution is 5.74. The van der Waals surface area contributed by atoms with Crippen LogP contribution in [0.3, 0.4) is 0 Å². The quantitative estimate of drug-likeness (QED) is 0.351. The SMILES string of the molecule is CC1CC(NCC(O)CO)NC(NC(=O)NC2CCC3CCCCC3C2)N1. The molecule has 3 rings (SSSR count). The first-order valence-electron chi connectivity index (χ1n) is 10.6. The summed E-state index contributed by atoms with van der Waals surface area (Å²) < 4.78 is 0. The fourth-order valence-electron chi connectivity index (χ4n) is 4.95. The fraction of sp³-hybridized carbons (Fsp3) is 0.947. The Bertz CT molecular complexity index is 480. The summed E-state index contributed by atoms with van der Waals surface area (Å²) in [5.74, 6) is 1.67. The number of rotatable bonds is 6. The van der Waals surface area contributed by atoms with Gasteiger partial charge in [0.25, 0.3) is 0 Å². The Morgan fingerprint density at radius 2 is 1.85 bits per heavy atom. The number of aliphatic hydroxyl groups is 2. The fourth-order valence-corrected chi connectivity index (χ4v) is 4.95. The van der Waals surface area contributed by atoms with E-state index in [-0.39, 0.29) is 37.2 Å². The molecule has 2 saturated carbocycles. The summed E-state index contributed by atoms with van der Waals surface area (Å²) in [6.45, 7) is 2.11. The standard InChI is InChI=1S/C19H37N5O3/c1-12-8-17(20-10-16(26)11-25)23-18(21-12)24-19(27)22-15-7-6-13-4-2-3-5-14(13)9-15/h12-18,20-21,23,25-26H,2-11H2,1H3,(H2,22,24,27). The Balaban J connectivity index is 1.41. The Kier molecular flexibility index (Phi) is 7.72. The van der Waals surface area contributed by atoms with Crippen LogP contribution in [0.2, 0.25) is 0 Å². The van der Waals surface area contributed by atoms with Crippen LogP contribution in [0.25, 0.3) is 0 Å². The maximum absolute atomic E-state index is 12.5. The third kappa shape index (κ3) is 6.29. The number of urea groups is 1. The smallest absolute Gasteiger partial charge is 0.317 e. The summed E-state index contributed by atoms with van der Waals surface area (Å²) in [5, 5.41) is 34.4. The molecule has 0 aromatic heterocycles. The number of fused-ring (bicyclic) bond motifs is 1. The normalized spacial score (nSPS) is 37.9. The predicted octanol–water partition coefficient (Wildman–Crippen LogP) is 0.168. The topological polar surface area (TPSA) is 118 Å². The first-order valence-corrected chi connectivity index (χ1v) is 10.6. The Morgan fingerprint density at radius 3 is 2.63 bits per heavy atom. The van der Waals surface area contributed by atoms with Crippen molar-refractivity contribution in [2.45, 2.75) is 88.9 Å². The molecule has 3 fully saturated rings. The molecule has 7 N–H and O–H groups in total. The lowest BCUT2D eigenvalue weighted by Crippen LogP contribution is -2.68. The van der Waals surface area contributed by atoms with Crippen molar-refractivity contribution in [2.75, 3.05) is 13.2 Å². The molecular weight excluding hydrogens is 346 g/mol. The van der Waals surface area contributed by atoms with E-state index < -0.39 is 6.10 Å². The molecule has 1 aliphatic heterocycles. The van der Waals surface area contributed by atoms with E-state index in [9.17, 15) is 9.90 Å². The van der Waals surface area contributed by atoms with Crippen molar-refractivity contribution in [3.05, 3.63) is 0 Å². The van der Waals surface area contributed by atoms with E-state index in [4.69, 9.17) is 5.11 Å². The van der Waals surface area contributed by atoms with Crippen molar-refractivity contribution in [1.82, 2.24) is 26.6 Å². The number of carbonyl (C=O) groups is 1. The van der Waals surface area contributed by atoms with E-state index in [0.29, 0.717) is 6.54 Å². The monoisotopic (exact) mass is 383 g/mol. The van der Waals surface area contributed by atoms with Crippen LogP contribution in [0.1, 0.15) is 58.3 Å². The summed E-state index contributed by atoms with van der Waals surface area (Å²) in [6.07, 6.45) is 8.53. The van der Waals surface area contributed by atoms with Crippen LogP contribution in [-0.4, -0.2) is 60.0 Å². The molecule has 8 nitrogen and oxygen atoms in total. The van der Waals surface area contributed by atoms with Gasteiger partial charge in [0, 0.05) is 18.6 Å². The highest BCUT2D eigenvalue weighted by atomic mass is 16.3. The lowest BCUT2D eigenvalue weighted by atomic mass is 9.69. The molecule has 2 aliphatic carbocycles. The first kappa shape index (κ1) is 20.8. The van der Waals surface area contributed by atoms with Gasteiger partial charge in [-0.2, -0.15) is 0 Å². The van der Waals surface area contributed by atoms with Gasteiger partial charge in [0.1, 0.15) is 6.29 Å². The van der Waals surface area contributed by atoms with Crippen LogP contribution in [0.4, 0.5) is 4.79 Å². The molecule has 0 aromatic carbocycles. The summed E-state index contributed by atoms with van der Waals surface area (Å²) in [5.41, 5.74) is 0. The Hall–Kier alpha value is -0.930. The van der Waals surface area contributed by atoms with Crippen LogP contribution in [-0.2, 0) is 0 Å². The van der Waals surface area contributed by atoms with Crippen molar-refractivity contribution in [3.8, 4) is 0 Å². The van der Waals surface area contributed by atoms with Gasteiger partial charge >= 0.3 is 6.03 Å². The molecule has 1 saturated heterocycles. The maximum atomic E-state index is 12.5. The summed E-state index contributed by atoms with van der Waals surface area (Å²) in [6, 6.07) is 0.361. The van der Waals surface area contributed by atoms with Crippen molar-refractivity contribution < 1.29 is 15.0 Å². The van der Waals surface area contributed by atoms with Gasteiger partial charge in [-0.1, -0.05) is 25.7 Å². The van der Waals surface area contributed by atoms with Gasteiger partial charge in [0.15, 0.2) is 0 Å². The predicted molar refractivity (Wildman–Crippen MR) is 104 cm³/mol. The maximum Gasteiger partial charge on any atom is 0.317 e. The van der Waals surface area contributed by atoms with Gasteiger partial charge in [-0.05, 0) is 44.4 Å². The minimum Gasteiger partial charge on any atom is -0.394 e. The van der Waals surface area contributed by atoms with E-state index in [2.05, 4.69) is 33.5 Å². The summed E-state index contributed by atoms with van der Waals surface area (Å²) >= 11 is 0. The molecule has 8 heteroatoms. The zero-order valence-corrected chi connectivity index (χ0v) is 16.4. The molecule has 0 bridgehead atoms. The lowest BCUT2D eigenvalue weighted by molar-refractivity contribution is 0.0850. The second-order valence-electron chi connectivity index (χ2n) is 8.63. The van der Waals surface area contributed by atoms with Gasteiger partial charge in [-0.3, -0.25) is 16.0 Å². The zero-order valence-electron chi connectivity index (χ0n) is 16.4. The molecule has 3 aliphatic rings. The molecule has 2 amide bonds. The zero-order chi connectivity index (χ0) is 19.2. The Morgan fingerprint density at radius 1 is 1.07 bits per heavy atom. The average Bonchev–Trinajstić information content (AvgIpc) is 2.65. The molecular formula is C19H37N5O3. The summed E-state index contributed by atoms with van der Waals surface area (Å²) in [7, 11) is 0. The summed E-state index contributed by atoms with van der Waals surface area (Å²) in [4.78, 5) is 12.5. The van der Waals surface area contributed by atoms with Gasteiger partial charge in [-0.15, -0.1) is 0 Å². The molecule has 156 valence electrons. The third-order valence-corrected chi connectivity index (χ3v) is 6.37.